The van der Waals surface area contributed by atoms with Gasteiger partial charge in [0, 0.05) is 38.5 Å². The molecule has 2 amide bonds. The number of carbonyl (C=O) groups is 2. The van der Waals surface area contributed by atoms with Crippen molar-refractivity contribution in [1.82, 2.24) is 15.5 Å². The zero-order chi connectivity index (χ0) is 18.7. The van der Waals surface area contributed by atoms with Gasteiger partial charge < -0.3 is 25.0 Å². The average Bonchev–Trinajstić information content (AvgIpc) is 3.29. The molecule has 7 heteroatoms. The van der Waals surface area contributed by atoms with Gasteiger partial charge in [-0.3, -0.25) is 4.79 Å². The zero-order valence-electron chi connectivity index (χ0n) is 16.2. The summed E-state index contributed by atoms with van der Waals surface area (Å²) in [5.41, 5.74) is -0.262. The van der Waals surface area contributed by atoms with Crippen molar-refractivity contribution in [1.29, 1.82) is 0 Å². The first-order valence-electron chi connectivity index (χ1n) is 10.7. The summed E-state index contributed by atoms with van der Waals surface area (Å²) in [5.74, 6) is 0.777. The van der Waals surface area contributed by atoms with Crippen LogP contribution in [0.2, 0.25) is 0 Å². The van der Waals surface area contributed by atoms with Crippen LogP contribution in [0, 0.1) is 11.8 Å². The lowest BCUT2D eigenvalue weighted by Crippen LogP contribution is -2.45. The molecule has 1 spiro atoms. The van der Waals surface area contributed by atoms with Crippen molar-refractivity contribution in [3.8, 4) is 0 Å². The number of amides is 2. The van der Waals surface area contributed by atoms with Gasteiger partial charge in [0.2, 0.25) is 5.91 Å². The van der Waals surface area contributed by atoms with Crippen molar-refractivity contribution < 1.29 is 19.1 Å². The Hall–Kier alpha value is -1.34. The number of nitrogens with zero attached hydrogens (tertiary/aromatic N) is 1. The topological polar surface area (TPSA) is 79.9 Å². The molecule has 0 radical (unpaired) electrons. The Kier molecular flexibility index (Phi) is 5.88. The Labute approximate surface area is 161 Å². The summed E-state index contributed by atoms with van der Waals surface area (Å²) in [6.07, 6.45) is 7.88. The fourth-order valence-corrected chi connectivity index (χ4v) is 5.06. The molecule has 1 unspecified atom stereocenters. The third kappa shape index (κ3) is 4.57. The van der Waals surface area contributed by atoms with Crippen LogP contribution in [0.4, 0.5) is 4.79 Å². The molecule has 4 fully saturated rings. The fourth-order valence-electron chi connectivity index (χ4n) is 5.06. The van der Waals surface area contributed by atoms with Crippen LogP contribution in [0.25, 0.3) is 0 Å². The van der Waals surface area contributed by atoms with E-state index in [9.17, 15) is 9.59 Å². The van der Waals surface area contributed by atoms with Crippen molar-refractivity contribution >= 4 is 12.0 Å². The summed E-state index contributed by atoms with van der Waals surface area (Å²) in [6.45, 7) is 4.83. The maximum Gasteiger partial charge on any atom is 0.410 e. The summed E-state index contributed by atoms with van der Waals surface area (Å²) < 4.78 is 11.3. The molecule has 4 aliphatic rings. The largest absolute Gasteiger partial charge is 0.441 e. The van der Waals surface area contributed by atoms with Crippen molar-refractivity contribution in [2.75, 3.05) is 39.3 Å². The van der Waals surface area contributed by atoms with E-state index in [1.807, 2.05) is 4.90 Å². The molecule has 0 aromatic rings. The van der Waals surface area contributed by atoms with Gasteiger partial charge in [-0.2, -0.15) is 0 Å². The van der Waals surface area contributed by atoms with Gasteiger partial charge in [0.15, 0.2) is 0 Å². The van der Waals surface area contributed by atoms with E-state index >= 15 is 0 Å². The normalized spacial score (nSPS) is 33.3. The number of hydrogen-bond acceptors (Lipinski definition) is 5. The van der Waals surface area contributed by atoms with Crippen molar-refractivity contribution in [3.63, 3.8) is 0 Å². The highest BCUT2D eigenvalue weighted by atomic mass is 16.6. The maximum atomic E-state index is 12.4. The van der Waals surface area contributed by atoms with E-state index < -0.39 is 0 Å². The Morgan fingerprint density at radius 2 is 1.96 bits per heavy atom. The first-order valence-corrected chi connectivity index (χ1v) is 10.7. The van der Waals surface area contributed by atoms with Gasteiger partial charge >= 0.3 is 6.09 Å². The monoisotopic (exact) mass is 379 g/mol. The molecule has 3 aliphatic heterocycles. The van der Waals surface area contributed by atoms with E-state index in [-0.39, 0.29) is 29.6 Å². The van der Waals surface area contributed by atoms with Crippen LogP contribution in [0.1, 0.15) is 51.4 Å². The number of hydrogen-bond donors (Lipinski definition) is 2. The first-order chi connectivity index (χ1) is 13.1. The molecule has 7 nitrogen and oxygen atoms in total. The van der Waals surface area contributed by atoms with Gasteiger partial charge in [0.1, 0.15) is 5.60 Å². The molecule has 0 aromatic carbocycles. The standard InChI is InChI=1S/C20H33N3O4/c24-18(22-12-17-2-1-11-26-17)16-5-3-15(4-6-16)13-23-14-20(27-19(23)25)7-9-21-10-8-20/h15-17,21H,1-14H2,(H,22,24)/t15-,16-,17?. The van der Waals surface area contributed by atoms with Crippen LogP contribution in [0.3, 0.4) is 0 Å². The summed E-state index contributed by atoms with van der Waals surface area (Å²) in [5, 5.41) is 6.41. The SMILES string of the molecule is O=C1OC2(CCNCC2)CN1C[C@H]1CC[C@H](C(=O)NCC2CCCO2)CC1. The molecule has 0 aromatic heterocycles. The molecule has 1 aliphatic carbocycles. The van der Waals surface area contributed by atoms with E-state index in [2.05, 4.69) is 10.6 Å². The predicted octanol–water partition coefficient (Wildman–Crippen LogP) is 1.66. The third-order valence-corrected chi connectivity index (χ3v) is 6.78. The fraction of sp³-hybridized carbons (Fsp3) is 0.900. The van der Waals surface area contributed by atoms with E-state index in [0.717, 1.165) is 84.2 Å². The molecule has 0 bridgehead atoms. The summed E-state index contributed by atoms with van der Waals surface area (Å²) in [4.78, 5) is 26.6. The quantitative estimate of drug-likeness (QED) is 0.759. The first kappa shape index (κ1) is 19.0. The third-order valence-electron chi connectivity index (χ3n) is 6.78. The van der Waals surface area contributed by atoms with Gasteiger partial charge in [-0.05, 0) is 57.5 Å². The van der Waals surface area contributed by atoms with Gasteiger partial charge in [-0.1, -0.05) is 0 Å². The minimum atomic E-state index is -0.262. The number of nitrogens with one attached hydrogen (secondary N) is 2. The Morgan fingerprint density at radius 1 is 1.19 bits per heavy atom. The summed E-state index contributed by atoms with van der Waals surface area (Å²) in [7, 11) is 0. The average molecular weight is 380 g/mol. The van der Waals surface area contributed by atoms with E-state index in [1.165, 1.54) is 0 Å². The minimum absolute atomic E-state index is 0.115. The lowest BCUT2D eigenvalue weighted by Gasteiger charge is -2.32. The molecular weight excluding hydrogens is 346 g/mol. The number of ether oxygens (including phenoxy) is 2. The Balaban J connectivity index is 1.19. The molecule has 152 valence electrons. The highest BCUT2D eigenvalue weighted by molar-refractivity contribution is 5.78. The van der Waals surface area contributed by atoms with Gasteiger partial charge in [-0.15, -0.1) is 0 Å². The van der Waals surface area contributed by atoms with Crippen molar-refractivity contribution in [3.05, 3.63) is 0 Å². The molecule has 3 saturated heterocycles. The number of piperidine rings is 1. The summed E-state index contributed by atoms with van der Waals surface area (Å²) >= 11 is 0. The smallest absolute Gasteiger partial charge is 0.410 e. The van der Waals surface area contributed by atoms with Crippen LogP contribution in [0.15, 0.2) is 0 Å². The highest BCUT2D eigenvalue weighted by Gasteiger charge is 2.46. The van der Waals surface area contributed by atoms with Crippen molar-refractivity contribution in [2.45, 2.75) is 63.1 Å². The van der Waals surface area contributed by atoms with Gasteiger partial charge in [0.05, 0.1) is 12.6 Å². The van der Waals surface area contributed by atoms with Crippen LogP contribution in [0.5, 0.6) is 0 Å². The van der Waals surface area contributed by atoms with Gasteiger partial charge in [-0.25, -0.2) is 4.79 Å². The molecule has 1 saturated carbocycles. The van der Waals surface area contributed by atoms with Crippen LogP contribution >= 0.6 is 0 Å². The van der Waals surface area contributed by atoms with Gasteiger partial charge in [0.25, 0.3) is 0 Å². The number of carbonyl (C=O) groups excluding carboxylic acids is 2. The van der Waals surface area contributed by atoms with Crippen LogP contribution < -0.4 is 10.6 Å². The molecule has 27 heavy (non-hydrogen) atoms. The molecule has 1 atom stereocenters. The highest BCUT2D eigenvalue weighted by Crippen LogP contribution is 2.34. The lowest BCUT2D eigenvalue weighted by atomic mass is 9.81. The second-order valence-corrected chi connectivity index (χ2v) is 8.78. The number of rotatable bonds is 5. The Bertz CT molecular complexity index is 535. The minimum Gasteiger partial charge on any atom is -0.441 e. The van der Waals surface area contributed by atoms with E-state index in [4.69, 9.17) is 9.47 Å². The summed E-state index contributed by atoms with van der Waals surface area (Å²) in [6, 6.07) is 0. The molecular formula is C20H33N3O4. The van der Waals surface area contributed by atoms with E-state index in [1.54, 1.807) is 0 Å². The van der Waals surface area contributed by atoms with Crippen LogP contribution in [-0.2, 0) is 14.3 Å². The molecule has 2 N–H and O–H groups in total. The van der Waals surface area contributed by atoms with Crippen LogP contribution in [-0.4, -0.2) is 67.9 Å². The van der Waals surface area contributed by atoms with Crippen molar-refractivity contribution in [2.24, 2.45) is 11.8 Å². The Morgan fingerprint density at radius 3 is 2.67 bits per heavy atom. The maximum absolute atomic E-state index is 12.4. The molecule has 4 rings (SSSR count). The second-order valence-electron chi connectivity index (χ2n) is 8.78. The van der Waals surface area contributed by atoms with E-state index in [0.29, 0.717) is 12.5 Å². The zero-order valence-corrected chi connectivity index (χ0v) is 16.2. The molecule has 3 heterocycles. The predicted molar refractivity (Wildman–Crippen MR) is 100 cm³/mol. The second kappa shape index (κ2) is 8.35. The lowest BCUT2D eigenvalue weighted by molar-refractivity contribution is -0.126.